The molecule has 4 heteroatoms. The van der Waals surface area contributed by atoms with Crippen LogP contribution in [0.5, 0.6) is 0 Å². The minimum Gasteiger partial charge on any atom is -0.376 e. The van der Waals surface area contributed by atoms with Crippen LogP contribution in [0, 0.1) is 17.8 Å². The molecule has 1 heterocycles. The van der Waals surface area contributed by atoms with Crippen LogP contribution >= 0.6 is 0 Å². The molecule has 1 amide bonds. The highest BCUT2D eigenvalue weighted by molar-refractivity contribution is 5.76. The second kappa shape index (κ2) is 10.4. The van der Waals surface area contributed by atoms with E-state index in [4.69, 9.17) is 4.74 Å². The van der Waals surface area contributed by atoms with Gasteiger partial charge in [-0.3, -0.25) is 4.79 Å². The van der Waals surface area contributed by atoms with E-state index >= 15 is 0 Å². The molecule has 4 nitrogen and oxygen atoms in total. The summed E-state index contributed by atoms with van der Waals surface area (Å²) in [6.45, 7) is 11.5. The molecule has 0 bridgehead atoms. The van der Waals surface area contributed by atoms with Crippen molar-refractivity contribution >= 4 is 5.91 Å². The normalized spacial score (nSPS) is 21.9. The molecule has 1 aliphatic rings. The second-order valence-electron chi connectivity index (χ2n) is 8.80. The summed E-state index contributed by atoms with van der Waals surface area (Å²) < 4.78 is 5.87. The van der Waals surface area contributed by atoms with Gasteiger partial charge in [-0.05, 0) is 77.9 Å². The molecular weight excluding hydrogens is 300 g/mol. The first-order valence-corrected chi connectivity index (χ1v) is 9.75. The Balaban J connectivity index is 2.50. The van der Waals surface area contributed by atoms with Crippen molar-refractivity contribution in [2.24, 2.45) is 17.8 Å². The van der Waals surface area contributed by atoms with E-state index in [1.165, 1.54) is 6.42 Å². The number of carbonyl (C=O) groups is 1. The Morgan fingerprint density at radius 1 is 1.29 bits per heavy atom. The summed E-state index contributed by atoms with van der Waals surface area (Å²) in [5.41, 5.74) is -0.0405. The van der Waals surface area contributed by atoms with Gasteiger partial charge in [0.25, 0.3) is 0 Å². The number of rotatable bonds is 10. The Morgan fingerprint density at radius 2 is 2.00 bits per heavy atom. The fourth-order valence-electron chi connectivity index (χ4n) is 3.67. The summed E-state index contributed by atoms with van der Waals surface area (Å²) in [5.74, 6) is 2.03. The first-order chi connectivity index (χ1) is 11.2. The number of hydrogen-bond donors (Lipinski definition) is 1. The maximum atomic E-state index is 12.4. The third kappa shape index (κ3) is 9.03. The number of ether oxygens (including phenoxy) is 1. The zero-order valence-electron chi connectivity index (χ0n) is 16.9. The molecule has 24 heavy (non-hydrogen) atoms. The number of carbonyl (C=O) groups excluding carboxylic acids is 1. The fourth-order valence-corrected chi connectivity index (χ4v) is 3.67. The summed E-state index contributed by atoms with van der Waals surface area (Å²) in [6.07, 6.45) is 6.22. The van der Waals surface area contributed by atoms with E-state index in [0.717, 1.165) is 45.4 Å². The molecule has 0 saturated carbocycles. The van der Waals surface area contributed by atoms with Crippen LogP contribution in [-0.4, -0.2) is 50.2 Å². The van der Waals surface area contributed by atoms with Crippen LogP contribution in [-0.2, 0) is 9.53 Å². The molecule has 1 fully saturated rings. The van der Waals surface area contributed by atoms with E-state index in [2.05, 4.69) is 52.0 Å². The van der Waals surface area contributed by atoms with Crippen molar-refractivity contribution in [3.05, 3.63) is 0 Å². The Kier molecular flexibility index (Phi) is 9.28. The molecule has 1 saturated heterocycles. The van der Waals surface area contributed by atoms with Crippen LogP contribution in [0.3, 0.4) is 0 Å². The van der Waals surface area contributed by atoms with Gasteiger partial charge in [0.2, 0.25) is 5.91 Å². The van der Waals surface area contributed by atoms with Crippen LogP contribution in [0.15, 0.2) is 0 Å². The van der Waals surface area contributed by atoms with E-state index in [1.807, 2.05) is 0 Å². The van der Waals surface area contributed by atoms with Gasteiger partial charge >= 0.3 is 0 Å². The minimum absolute atomic E-state index is 0.0405. The number of hydrogen-bond acceptors (Lipinski definition) is 3. The molecule has 0 spiro atoms. The summed E-state index contributed by atoms with van der Waals surface area (Å²) in [4.78, 5) is 14.5. The molecule has 0 aromatic carbocycles. The number of nitrogens with one attached hydrogen (secondary N) is 1. The molecule has 0 aromatic rings. The highest BCUT2D eigenvalue weighted by Gasteiger charge is 2.34. The lowest BCUT2D eigenvalue weighted by atomic mass is 9.75. The average molecular weight is 341 g/mol. The standard InChI is InChI=1S/C20H40N2O2/c1-16(2)8-9-17(18-10-13-24-20(3,4)15-18)14-19(23)21-11-7-12-22(5)6/h16-18H,7-15H2,1-6H3,(H,21,23)/t17-,18+/m0/s1. The average Bonchev–Trinajstić information content (AvgIpc) is 2.46. The Morgan fingerprint density at radius 3 is 2.58 bits per heavy atom. The Labute approximate surface area is 149 Å². The van der Waals surface area contributed by atoms with Crippen LogP contribution in [0.4, 0.5) is 0 Å². The second-order valence-corrected chi connectivity index (χ2v) is 8.80. The Bertz CT molecular complexity index is 367. The maximum absolute atomic E-state index is 12.4. The topological polar surface area (TPSA) is 41.6 Å². The lowest BCUT2D eigenvalue weighted by Gasteiger charge is -2.39. The molecule has 2 atom stereocenters. The SMILES string of the molecule is CC(C)CC[C@@H](CC(=O)NCCCN(C)C)[C@@H]1CCOC(C)(C)C1. The zero-order valence-corrected chi connectivity index (χ0v) is 16.9. The van der Waals surface area contributed by atoms with Crippen molar-refractivity contribution in [1.82, 2.24) is 10.2 Å². The fraction of sp³-hybridized carbons (Fsp3) is 0.950. The van der Waals surface area contributed by atoms with Gasteiger partial charge in [-0.15, -0.1) is 0 Å². The van der Waals surface area contributed by atoms with Gasteiger partial charge < -0.3 is 15.0 Å². The lowest BCUT2D eigenvalue weighted by Crippen LogP contribution is -2.38. The van der Waals surface area contributed by atoms with Crippen molar-refractivity contribution < 1.29 is 9.53 Å². The molecule has 0 aliphatic carbocycles. The Hall–Kier alpha value is -0.610. The van der Waals surface area contributed by atoms with Crippen molar-refractivity contribution in [2.75, 3.05) is 33.8 Å². The highest BCUT2D eigenvalue weighted by atomic mass is 16.5. The maximum Gasteiger partial charge on any atom is 0.220 e. The first kappa shape index (κ1) is 21.4. The molecule has 1 N–H and O–H groups in total. The van der Waals surface area contributed by atoms with Gasteiger partial charge in [0.05, 0.1) is 5.60 Å². The van der Waals surface area contributed by atoms with Crippen molar-refractivity contribution in [1.29, 1.82) is 0 Å². The van der Waals surface area contributed by atoms with Crippen molar-refractivity contribution in [2.45, 2.75) is 71.8 Å². The molecule has 0 unspecified atom stereocenters. The smallest absolute Gasteiger partial charge is 0.220 e. The predicted molar refractivity (Wildman–Crippen MR) is 101 cm³/mol. The molecule has 1 rings (SSSR count). The van der Waals surface area contributed by atoms with Gasteiger partial charge in [0.1, 0.15) is 0 Å². The summed E-state index contributed by atoms with van der Waals surface area (Å²) in [7, 11) is 4.13. The van der Waals surface area contributed by atoms with Crippen molar-refractivity contribution in [3.63, 3.8) is 0 Å². The lowest BCUT2D eigenvalue weighted by molar-refractivity contribution is -0.124. The van der Waals surface area contributed by atoms with Gasteiger partial charge in [-0.2, -0.15) is 0 Å². The molecule has 0 radical (unpaired) electrons. The predicted octanol–water partition coefficient (Wildman–Crippen LogP) is 3.70. The van der Waals surface area contributed by atoms with Crippen LogP contribution < -0.4 is 5.32 Å². The van der Waals surface area contributed by atoms with Crippen LogP contribution in [0.25, 0.3) is 0 Å². The van der Waals surface area contributed by atoms with E-state index < -0.39 is 0 Å². The summed E-state index contributed by atoms with van der Waals surface area (Å²) in [6, 6.07) is 0. The van der Waals surface area contributed by atoms with E-state index in [9.17, 15) is 4.79 Å². The quantitative estimate of drug-likeness (QED) is 0.617. The van der Waals surface area contributed by atoms with E-state index in [-0.39, 0.29) is 11.5 Å². The van der Waals surface area contributed by atoms with Gasteiger partial charge in [-0.25, -0.2) is 0 Å². The highest BCUT2D eigenvalue weighted by Crippen LogP contribution is 2.37. The van der Waals surface area contributed by atoms with Crippen molar-refractivity contribution in [3.8, 4) is 0 Å². The largest absolute Gasteiger partial charge is 0.376 e. The van der Waals surface area contributed by atoms with Gasteiger partial charge in [-0.1, -0.05) is 20.3 Å². The molecular formula is C20H40N2O2. The zero-order chi connectivity index (χ0) is 18.2. The van der Waals surface area contributed by atoms with E-state index in [1.54, 1.807) is 0 Å². The monoisotopic (exact) mass is 340 g/mol. The van der Waals surface area contributed by atoms with Gasteiger partial charge in [0.15, 0.2) is 0 Å². The van der Waals surface area contributed by atoms with Gasteiger partial charge in [0, 0.05) is 19.6 Å². The number of amides is 1. The number of nitrogens with zero attached hydrogens (tertiary/aromatic N) is 1. The van der Waals surface area contributed by atoms with Crippen LogP contribution in [0.2, 0.25) is 0 Å². The third-order valence-electron chi connectivity index (χ3n) is 5.07. The summed E-state index contributed by atoms with van der Waals surface area (Å²) >= 11 is 0. The first-order valence-electron chi connectivity index (χ1n) is 9.75. The van der Waals surface area contributed by atoms with E-state index in [0.29, 0.717) is 24.2 Å². The molecule has 0 aromatic heterocycles. The molecule has 1 aliphatic heterocycles. The third-order valence-corrected chi connectivity index (χ3v) is 5.07. The van der Waals surface area contributed by atoms with Crippen LogP contribution in [0.1, 0.15) is 66.2 Å². The summed E-state index contributed by atoms with van der Waals surface area (Å²) in [5, 5.41) is 3.12. The molecule has 142 valence electrons. The minimum atomic E-state index is -0.0405.